The lowest BCUT2D eigenvalue weighted by atomic mass is 10.0. The maximum atomic E-state index is 9.38. The summed E-state index contributed by atoms with van der Waals surface area (Å²) in [6.07, 6.45) is 2.02. The lowest BCUT2D eigenvalue weighted by Crippen LogP contribution is -2.23. The molecular formula is C22H28N2O. The zero-order chi connectivity index (χ0) is 18.1. The molecule has 3 heteroatoms. The van der Waals surface area contributed by atoms with Crippen LogP contribution in [0.15, 0.2) is 42.5 Å². The van der Waals surface area contributed by atoms with Crippen molar-refractivity contribution < 1.29 is 4.74 Å². The maximum absolute atomic E-state index is 9.38. The molecule has 2 aromatic rings. The molecule has 0 fully saturated rings. The molecule has 3 nitrogen and oxygen atoms in total. The first-order valence-corrected chi connectivity index (χ1v) is 9.18. The van der Waals surface area contributed by atoms with Gasteiger partial charge >= 0.3 is 0 Å². The zero-order valence-electron chi connectivity index (χ0n) is 15.6. The zero-order valence-corrected chi connectivity index (χ0v) is 15.6. The van der Waals surface area contributed by atoms with E-state index in [1.54, 1.807) is 0 Å². The normalized spacial score (nSPS) is 12.2. The van der Waals surface area contributed by atoms with Gasteiger partial charge in [-0.3, -0.25) is 0 Å². The van der Waals surface area contributed by atoms with E-state index in [0.717, 1.165) is 43.8 Å². The van der Waals surface area contributed by atoms with Crippen molar-refractivity contribution in [3.8, 4) is 6.07 Å². The molecular weight excluding hydrogens is 308 g/mol. The van der Waals surface area contributed by atoms with E-state index >= 15 is 0 Å². The Morgan fingerprint density at radius 2 is 1.92 bits per heavy atom. The van der Waals surface area contributed by atoms with Crippen LogP contribution in [-0.2, 0) is 17.8 Å². The third-order valence-corrected chi connectivity index (χ3v) is 4.25. The standard InChI is InChI=1S/C20H22N2O.C2H6/c1-16-12-18-8-10-22(20(18)19(13-16)14-21)9-5-11-23-15-17-6-3-2-4-7-17;1-2/h2-4,6-7,12-13H,5,8-11,15H2,1H3;1-2H3. The van der Waals surface area contributed by atoms with Crippen molar-refractivity contribution in [1.82, 2.24) is 0 Å². The minimum atomic E-state index is 0.667. The molecule has 25 heavy (non-hydrogen) atoms. The fraction of sp³-hybridized carbons (Fsp3) is 0.409. The van der Waals surface area contributed by atoms with E-state index < -0.39 is 0 Å². The summed E-state index contributed by atoms with van der Waals surface area (Å²) in [5.41, 5.74) is 5.64. The van der Waals surface area contributed by atoms with Crippen molar-refractivity contribution in [2.45, 2.75) is 40.2 Å². The van der Waals surface area contributed by atoms with E-state index in [1.807, 2.05) is 38.1 Å². The predicted molar refractivity (Wildman–Crippen MR) is 104 cm³/mol. The van der Waals surface area contributed by atoms with Gasteiger partial charge in [0.25, 0.3) is 0 Å². The average molecular weight is 336 g/mol. The van der Waals surface area contributed by atoms with E-state index in [4.69, 9.17) is 4.74 Å². The number of hydrogen-bond acceptors (Lipinski definition) is 3. The molecule has 1 aliphatic heterocycles. The summed E-state index contributed by atoms with van der Waals surface area (Å²) in [7, 11) is 0. The lowest BCUT2D eigenvalue weighted by Gasteiger charge is -2.20. The third-order valence-electron chi connectivity index (χ3n) is 4.25. The first kappa shape index (κ1) is 19.0. The van der Waals surface area contributed by atoms with Crippen molar-refractivity contribution in [1.29, 1.82) is 5.26 Å². The molecule has 1 aliphatic rings. The molecule has 3 rings (SSSR count). The predicted octanol–water partition coefficient (Wildman–Crippen LogP) is 4.86. The van der Waals surface area contributed by atoms with Gasteiger partial charge in [0, 0.05) is 19.7 Å². The second-order valence-corrected chi connectivity index (χ2v) is 6.06. The van der Waals surface area contributed by atoms with Crippen molar-refractivity contribution in [2.24, 2.45) is 0 Å². The van der Waals surface area contributed by atoms with Crippen LogP contribution in [0.1, 0.15) is 42.5 Å². The van der Waals surface area contributed by atoms with Gasteiger partial charge in [0.15, 0.2) is 0 Å². The summed E-state index contributed by atoms with van der Waals surface area (Å²) < 4.78 is 5.75. The van der Waals surface area contributed by atoms with E-state index in [1.165, 1.54) is 16.7 Å². The molecule has 0 N–H and O–H groups in total. The Kier molecular flexibility index (Phi) is 7.50. The maximum Gasteiger partial charge on any atom is 0.101 e. The highest BCUT2D eigenvalue weighted by molar-refractivity contribution is 5.68. The van der Waals surface area contributed by atoms with E-state index in [-0.39, 0.29) is 0 Å². The molecule has 0 unspecified atom stereocenters. The molecule has 0 aromatic heterocycles. The lowest BCUT2D eigenvalue weighted by molar-refractivity contribution is 0.119. The van der Waals surface area contributed by atoms with Gasteiger partial charge in [-0.2, -0.15) is 5.26 Å². The van der Waals surface area contributed by atoms with Gasteiger partial charge in [-0.15, -0.1) is 0 Å². The van der Waals surface area contributed by atoms with Crippen molar-refractivity contribution in [3.05, 3.63) is 64.7 Å². The fourth-order valence-corrected chi connectivity index (χ4v) is 3.22. The first-order chi connectivity index (χ1) is 12.3. The average Bonchev–Trinajstić information content (AvgIpc) is 3.06. The number of nitriles is 1. The highest BCUT2D eigenvalue weighted by Crippen LogP contribution is 2.32. The summed E-state index contributed by atoms with van der Waals surface area (Å²) in [6.45, 7) is 9.42. The van der Waals surface area contributed by atoms with Crippen LogP contribution in [0.4, 0.5) is 5.69 Å². The second kappa shape index (κ2) is 9.86. The third kappa shape index (κ3) is 5.08. The topological polar surface area (TPSA) is 36.3 Å². The SMILES string of the molecule is CC.Cc1cc(C#N)c2c(c1)CCN2CCCOCc1ccccc1. The number of ether oxygens (including phenoxy) is 1. The number of fused-ring (bicyclic) bond motifs is 1. The van der Waals surface area contributed by atoms with Crippen LogP contribution in [0, 0.1) is 18.3 Å². The van der Waals surface area contributed by atoms with Gasteiger partial charge in [-0.1, -0.05) is 50.2 Å². The van der Waals surface area contributed by atoms with Gasteiger partial charge in [0.2, 0.25) is 0 Å². The molecule has 0 saturated heterocycles. The Hall–Kier alpha value is -2.31. The molecule has 0 radical (unpaired) electrons. The summed E-state index contributed by atoms with van der Waals surface area (Å²) in [4.78, 5) is 2.33. The number of benzene rings is 2. The molecule has 0 spiro atoms. The quantitative estimate of drug-likeness (QED) is 0.707. The molecule has 0 atom stereocenters. The van der Waals surface area contributed by atoms with Crippen molar-refractivity contribution in [2.75, 3.05) is 24.6 Å². The number of rotatable bonds is 6. The van der Waals surface area contributed by atoms with Crippen LogP contribution in [0.25, 0.3) is 0 Å². The Labute approximate surface area is 151 Å². The minimum Gasteiger partial charge on any atom is -0.377 e. The van der Waals surface area contributed by atoms with Crippen LogP contribution >= 0.6 is 0 Å². The second-order valence-electron chi connectivity index (χ2n) is 6.06. The van der Waals surface area contributed by atoms with E-state index in [0.29, 0.717) is 6.61 Å². The number of aryl methyl sites for hydroxylation is 1. The van der Waals surface area contributed by atoms with Gasteiger partial charge in [0.1, 0.15) is 6.07 Å². The largest absolute Gasteiger partial charge is 0.377 e. The molecule has 0 aliphatic carbocycles. The molecule has 0 bridgehead atoms. The fourth-order valence-electron chi connectivity index (χ4n) is 3.22. The molecule has 0 saturated carbocycles. The van der Waals surface area contributed by atoms with Crippen LogP contribution in [0.2, 0.25) is 0 Å². The summed E-state index contributed by atoms with van der Waals surface area (Å²) in [5, 5.41) is 9.38. The highest BCUT2D eigenvalue weighted by atomic mass is 16.5. The summed E-state index contributed by atoms with van der Waals surface area (Å²) in [6, 6.07) is 16.8. The van der Waals surface area contributed by atoms with Gasteiger partial charge < -0.3 is 9.64 Å². The molecule has 132 valence electrons. The number of anilines is 1. The van der Waals surface area contributed by atoms with Crippen LogP contribution < -0.4 is 4.90 Å². The first-order valence-electron chi connectivity index (χ1n) is 9.18. The molecule has 2 aromatic carbocycles. The van der Waals surface area contributed by atoms with Gasteiger partial charge in [-0.05, 0) is 42.5 Å². The van der Waals surface area contributed by atoms with E-state index in [2.05, 4.69) is 36.1 Å². The van der Waals surface area contributed by atoms with Crippen molar-refractivity contribution in [3.63, 3.8) is 0 Å². The van der Waals surface area contributed by atoms with Crippen LogP contribution in [-0.4, -0.2) is 19.7 Å². The smallest absolute Gasteiger partial charge is 0.101 e. The Morgan fingerprint density at radius 3 is 2.64 bits per heavy atom. The molecule has 0 amide bonds. The monoisotopic (exact) mass is 336 g/mol. The number of hydrogen-bond donors (Lipinski definition) is 0. The molecule has 1 heterocycles. The number of nitrogens with zero attached hydrogens (tertiary/aromatic N) is 2. The summed E-state index contributed by atoms with van der Waals surface area (Å²) in [5.74, 6) is 0. The van der Waals surface area contributed by atoms with Crippen molar-refractivity contribution >= 4 is 5.69 Å². The van der Waals surface area contributed by atoms with Crippen LogP contribution in [0.5, 0.6) is 0 Å². The Morgan fingerprint density at radius 1 is 1.16 bits per heavy atom. The Balaban J connectivity index is 0.00000109. The Bertz CT molecular complexity index is 704. The van der Waals surface area contributed by atoms with Gasteiger partial charge in [-0.25, -0.2) is 0 Å². The minimum absolute atomic E-state index is 0.667. The van der Waals surface area contributed by atoms with Crippen LogP contribution in [0.3, 0.4) is 0 Å². The van der Waals surface area contributed by atoms with E-state index in [9.17, 15) is 5.26 Å². The highest BCUT2D eigenvalue weighted by Gasteiger charge is 2.22. The summed E-state index contributed by atoms with van der Waals surface area (Å²) >= 11 is 0. The van der Waals surface area contributed by atoms with Gasteiger partial charge in [0.05, 0.1) is 17.9 Å².